The van der Waals surface area contributed by atoms with E-state index >= 15 is 0 Å². The molecule has 16 heteroatoms. The summed E-state index contributed by atoms with van der Waals surface area (Å²) in [5.74, 6) is -2.41. The van der Waals surface area contributed by atoms with E-state index in [1.54, 1.807) is 0 Å². The van der Waals surface area contributed by atoms with Crippen molar-refractivity contribution in [3.8, 4) is 17.2 Å². The minimum atomic E-state index is -5.09. The van der Waals surface area contributed by atoms with Crippen molar-refractivity contribution in [2.45, 2.75) is 6.54 Å². The maximum absolute atomic E-state index is 13.0. The first-order valence-corrected chi connectivity index (χ1v) is 13.5. The summed E-state index contributed by atoms with van der Waals surface area (Å²) in [5, 5.41) is 5.10. The van der Waals surface area contributed by atoms with Crippen LogP contribution in [0.5, 0.6) is 17.2 Å². The van der Waals surface area contributed by atoms with Crippen molar-refractivity contribution >= 4 is 33.1 Å². The predicted octanol–water partition coefficient (Wildman–Crippen LogP) is 2.72. The smallest absolute Gasteiger partial charge is 0.484 e. The molecule has 0 fully saturated rings. The molecular weight excluding hydrogens is 549 g/mol. The van der Waals surface area contributed by atoms with Gasteiger partial charge in [-0.05, 0) is 66.2 Å². The molecule has 0 saturated heterocycles. The van der Waals surface area contributed by atoms with E-state index in [2.05, 4.69) is 19.7 Å². The van der Waals surface area contributed by atoms with E-state index in [9.17, 15) is 23.1 Å². The van der Waals surface area contributed by atoms with E-state index in [1.807, 2.05) is 0 Å². The number of carbonyl (C=O) groups is 2. The molecule has 202 valence electrons. The number of benzene rings is 3. The molecule has 38 heavy (non-hydrogen) atoms. The van der Waals surface area contributed by atoms with E-state index in [0.29, 0.717) is 11.3 Å². The summed E-state index contributed by atoms with van der Waals surface area (Å²) >= 11 is 0. The first-order valence-electron chi connectivity index (χ1n) is 10.5. The zero-order valence-corrected chi connectivity index (χ0v) is 21.0. The number of phosphoric acid groups is 2. The number of carbonyl (C=O) groups excluding carboxylic acids is 2. The molecule has 0 spiro atoms. The quantitative estimate of drug-likeness (QED) is 0.185. The number of ether oxygens (including phenoxy) is 1. The summed E-state index contributed by atoms with van der Waals surface area (Å²) in [5.41, 5.74) is 0.972. The zero-order chi connectivity index (χ0) is 27.9. The number of hydrogen-bond donors (Lipinski definition) is 6. The Hall–Kier alpha value is -3.77. The normalized spacial score (nSPS) is 11.4. The van der Waals surface area contributed by atoms with E-state index in [4.69, 9.17) is 24.3 Å². The monoisotopic (exact) mass is 570 g/mol. The summed E-state index contributed by atoms with van der Waals surface area (Å²) in [6.45, 7) is -0.565. The van der Waals surface area contributed by atoms with Gasteiger partial charge in [-0.25, -0.2) is 13.5 Å². The van der Waals surface area contributed by atoms with Crippen LogP contribution in [0.15, 0.2) is 66.7 Å². The van der Waals surface area contributed by atoms with Gasteiger partial charge in [0.25, 0.3) is 11.8 Å². The fourth-order valence-corrected chi connectivity index (χ4v) is 3.71. The van der Waals surface area contributed by atoms with Crippen LogP contribution in [0.25, 0.3) is 0 Å². The van der Waals surface area contributed by atoms with Crippen molar-refractivity contribution in [2.75, 3.05) is 11.9 Å². The Morgan fingerprint density at radius 3 is 2.03 bits per heavy atom. The maximum atomic E-state index is 13.0. The van der Waals surface area contributed by atoms with Gasteiger partial charge in [0.05, 0.1) is 0 Å². The molecule has 0 atom stereocenters. The van der Waals surface area contributed by atoms with Gasteiger partial charge in [-0.1, -0.05) is 6.07 Å². The fraction of sp³-hybridized carbons (Fsp3) is 0.0909. The molecule has 0 aromatic heterocycles. The first kappa shape index (κ1) is 28.8. The van der Waals surface area contributed by atoms with Crippen LogP contribution in [0.4, 0.5) is 10.1 Å². The van der Waals surface area contributed by atoms with Crippen LogP contribution in [0.1, 0.15) is 15.9 Å². The summed E-state index contributed by atoms with van der Waals surface area (Å²) in [6, 6.07) is 14.5. The van der Waals surface area contributed by atoms with Crippen LogP contribution in [0, 0.1) is 5.82 Å². The third-order valence-electron chi connectivity index (χ3n) is 4.52. The SMILES string of the molecule is O=C(COc1ccc(C(=O)Nc2ccc(F)cc2)cc1)NCc1ccc(OP(=O)(O)O)c(OP(=O)(O)O)c1. The van der Waals surface area contributed by atoms with Crippen molar-refractivity contribution in [3.05, 3.63) is 83.7 Å². The molecule has 0 saturated carbocycles. The molecule has 3 aromatic carbocycles. The average Bonchev–Trinajstić information content (AvgIpc) is 2.83. The van der Waals surface area contributed by atoms with Gasteiger partial charge in [0, 0.05) is 17.8 Å². The van der Waals surface area contributed by atoms with Crippen molar-refractivity contribution in [1.29, 1.82) is 0 Å². The topological polar surface area (TPSA) is 201 Å². The summed E-state index contributed by atoms with van der Waals surface area (Å²) in [7, 11) is -10.1. The highest BCUT2D eigenvalue weighted by Crippen LogP contribution is 2.47. The highest BCUT2D eigenvalue weighted by Gasteiger charge is 2.24. The second kappa shape index (κ2) is 12.2. The lowest BCUT2D eigenvalue weighted by Gasteiger charge is -2.15. The van der Waals surface area contributed by atoms with E-state index in [-0.39, 0.29) is 17.9 Å². The second-order valence-corrected chi connectivity index (χ2v) is 9.82. The Labute approximate surface area is 214 Å². The van der Waals surface area contributed by atoms with Crippen LogP contribution < -0.4 is 24.4 Å². The largest absolute Gasteiger partial charge is 0.524 e. The molecule has 0 bridgehead atoms. The van der Waals surface area contributed by atoms with Crippen LogP contribution >= 0.6 is 15.6 Å². The highest BCUT2D eigenvalue weighted by molar-refractivity contribution is 7.47. The number of nitrogens with one attached hydrogen (secondary N) is 2. The summed E-state index contributed by atoms with van der Waals surface area (Å²) in [4.78, 5) is 60.4. The Morgan fingerprint density at radius 1 is 0.816 bits per heavy atom. The Morgan fingerprint density at radius 2 is 1.42 bits per heavy atom. The number of hydrogen-bond acceptors (Lipinski definition) is 7. The average molecular weight is 570 g/mol. The highest BCUT2D eigenvalue weighted by atomic mass is 31.2. The van der Waals surface area contributed by atoms with Gasteiger partial charge < -0.3 is 24.4 Å². The molecule has 0 unspecified atom stereocenters. The third kappa shape index (κ3) is 9.60. The molecular formula is C22H21FN2O11P2. The van der Waals surface area contributed by atoms with Gasteiger partial charge in [-0.3, -0.25) is 29.2 Å². The van der Waals surface area contributed by atoms with Gasteiger partial charge in [-0.15, -0.1) is 0 Å². The van der Waals surface area contributed by atoms with E-state index in [0.717, 1.165) is 12.1 Å². The molecule has 0 aliphatic carbocycles. The second-order valence-electron chi connectivity index (χ2n) is 7.50. The van der Waals surface area contributed by atoms with Gasteiger partial charge in [-0.2, -0.15) is 0 Å². The standard InChI is InChI=1S/C22H21FN2O11P2/c23-16-4-6-17(7-5-16)25-22(27)15-2-8-18(9-3-15)34-13-21(26)24-12-14-1-10-19(35-37(28,29)30)20(11-14)36-38(31,32)33/h1-11H,12-13H2,(H,24,26)(H,25,27)(H2,28,29,30)(H2,31,32,33). The van der Waals surface area contributed by atoms with Crippen molar-refractivity contribution < 1.29 is 56.5 Å². The van der Waals surface area contributed by atoms with Gasteiger partial charge >= 0.3 is 15.6 Å². The van der Waals surface area contributed by atoms with Crippen LogP contribution in [0.2, 0.25) is 0 Å². The lowest BCUT2D eigenvalue weighted by Crippen LogP contribution is -2.28. The minimum absolute atomic E-state index is 0.154. The summed E-state index contributed by atoms with van der Waals surface area (Å²) < 4.78 is 49.3. The molecule has 3 aromatic rings. The van der Waals surface area contributed by atoms with E-state index in [1.165, 1.54) is 54.6 Å². The van der Waals surface area contributed by atoms with E-state index < -0.39 is 51.4 Å². The number of halogens is 1. The van der Waals surface area contributed by atoms with Crippen molar-refractivity contribution in [2.24, 2.45) is 0 Å². The van der Waals surface area contributed by atoms with Crippen LogP contribution in [-0.4, -0.2) is 38.0 Å². The Kier molecular flexibility index (Phi) is 9.23. The molecule has 13 nitrogen and oxygen atoms in total. The number of phosphoric ester groups is 2. The fourth-order valence-electron chi connectivity index (χ4n) is 2.91. The molecule has 2 amide bonds. The van der Waals surface area contributed by atoms with Crippen LogP contribution in [0.3, 0.4) is 0 Å². The molecule has 0 aliphatic heterocycles. The Balaban J connectivity index is 1.53. The maximum Gasteiger partial charge on any atom is 0.524 e. The minimum Gasteiger partial charge on any atom is -0.484 e. The number of anilines is 1. The zero-order valence-electron chi connectivity index (χ0n) is 19.2. The Bertz CT molecular complexity index is 1390. The first-order chi connectivity index (χ1) is 17.8. The van der Waals surface area contributed by atoms with Crippen LogP contribution in [-0.2, 0) is 20.5 Å². The molecule has 0 heterocycles. The van der Waals surface area contributed by atoms with Crippen molar-refractivity contribution in [3.63, 3.8) is 0 Å². The number of amides is 2. The number of rotatable bonds is 11. The lowest BCUT2D eigenvalue weighted by molar-refractivity contribution is -0.123. The molecule has 0 radical (unpaired) electrons. The third-order valence-corrected chi connectivity index (χ3v) is 5.39. The predicted molar refractivity (Wildman–Crippen MR) is 130 cm³/mol. The van der Waals surface area contributed by atoms with Gasteiger partial charge in [0.15, 0.2) is 18.1 Å². The molecule has 0 aliphatic rings. The van der Waals surface area contributed by atoms with Gasteiger partial charge in [0.2, 0.25) is 0 Å². The molecule has 3 rings (SSSR count). The van der Waals surface area contributed by atoms with Crippen molar-refractivity contribution in [1.82, 2.24) is 5.32 Å². The van der Waals surface area contributed by atoms with Gasteiger partial charge in [0.1, 0.15) is 11.6 Å². The molecule has 6 N–H and O–H groups in total. The lowest BCUT2D eigenvalue weighted by atomic mass is 10.2. The summed E-state index contributed by atoms with van der Waals surface area (Å²) in [6.07, 6.45) is 0.